The molecule has 5 rings (SSSR count). The molecule has 1 aromatic carbocycles. The fraction of sp³-hybridized carbons (Fsp3) is 0.192. The van der Waals surface area contributed by atoms with E-state index in [4.69, 9.17) is 33.3 Å². The molecule has 9 heteroatoms. The zero-order valence-corrected chi connectivity index (χ0v) is 20.6. The van der Waals surface area contributed by atoms with E-state index in [0.717, 1.165) is 22.8 Å². The number of methoxy groups -OCH3 is 1. The van der Waals surface area contributed by atoms with E-state index in [2.05, 4.69) is 30.8 Å². The summed E-state index contributed by atoms with van der Waals surface area (Å²) in [6.07, 6.45) is 7.43. The molecule has 1 N–H and O–H groups in total. The predicted octanol–water partition coefficient (Wildman–Crippen LogP) is 5.12. The summed E-state index contributed by atoms with van der Waals surface area (Å²) in [5.74, 6) is 0.599. The summed E-state index contributed by atoms with van der Waals surface area (Å²) in [6, 6.07) is 19.3. The Morgan fingerprint density at radius 2 is 1.94 bits per heavy atom. The van der Waals surface area contributed by atoms with Crippen molar-refractivity contribution in [2.24, 2.45) is 0 Å². The zero-order chi connectivity index (χ0) is 24.2. The predicted molar refractivity (Wildman–Crippen MR) is 140 cm³/mol. The lowest BCUT2D eigenvalue weighted by molar-refractivity contribution is 0.146. The van der Waals surface area contributed by atoms with Gasteiger partial charge in [-0.15, -0.1) is 0 Å². The smallest absolute Gasteiger partial charge is 0.174 e. The molecular weight excluding hydrogens is 482 g/mol. The van der Waals surface area contributed by atoms with Crippen LogP contribution in [-0.2, 0) is 4.74 Å². The third-order valence-corrected chi connectivity index (χ3v) is 6.45. The molecule has 0 saturated carbocycles. The second-order valence-corrected chi connectivity index (χ2v) is 8.76. The monoisotopic (exact) mass is 505 g/mol. The van der Waals surface area contributed by atoms with E-state index < -0.39 is 0 Å². The molecule has 1 aliphatic heterocycles. The molecule has 2 atom stereocenters. The first-order valence-electron chi connectivity index (χ1n) is 11.2. The zero-order valence-electron chi connectivity index (χ0n) is 19.0. The first-order chi connectivity index (χ1) is 17.2. The van der Waals surface area contributed by atoms with Crippen LogP contribution in [0.1, 0.15) is 23.5 Å². The summed E-state index contributed by atoms with van der Waals surface area (Å²) in [5.41, 5.74) is 3.75. The van der Waals surface area contributed by atoms with Crippen molar-refractivity contribution in [3.05, 3.63) is 102 Å². The second kappa shape index (κ2) is 10.4. The van der Waals surface area contributed by atoms with Crippen LogP contribution in [0.4, 0.5) is 5.69 Å². The second-order valence-electron chi connectivity index (χ2n) is 7.97. The highest BCUT2D eigenvalue weighted by molar-refractivity contribution is 7.80. The molecule has 35 heavy (non-hydrogen) atoms. The molecule has 1 aliphatic rings. The Balaban J connectivity index is 1.58. The van der Waals surface area contributed by atoms with Crippen molar-refractivity contribution in [2.45, 2.75) is 12.1 Å². The Bertz CT molecular complexity index is 1300. The average molecular weight is 506 g/mol. The third kappa shape index (κ3) is 4.73. The number of nitrogens with zero attached hydrogens (tertiary/aromatic N) is 4. The number of halogens is 1. The molecule has 0 amide bonds. The Morgan fingerprint density at radius 3 is 2.69 bits per heavy atom. The number of ether oxygens (including phenoxy) is 2. The number of benzene rings is 1. The van der Waals surface area contributed by atoms with Crippen molar-refractivity contribution in [1.82, 2.24) is 19.9 Å². The lowest BCUT2D eigenvalue weighted by atomic mass is 10.0. The van der Waals surface area contributed by atoms with E-state index in [9.17, 15) is 0 Å². The molecule has 2 unspecified atom stereocenters. The normalized spacial score (nSPS) is 17.4. The van der Waals surface area contributed by atoms with Crippen LogP contribution >= 0.6 is 23.8 Å². The molecule has 1 saturated heterocycles. The molecule has 0 radical (unpaired) electrons. The Morgan fingerprint density at radius 1 is 1.03 bits per heavy atom. The fourth-order valence-corrected chi connectivity index (χ4v) is 4.87. The lowest BCUT2D eigenvalue weighted by Gasteiger charge is -2.29. The minimum atomic E-state index is -0.191. The number of hydrogen-bond acceptors (Lipinski definition) is 5. The van der Waals surface area contributed by atoms with Crippen LogP contribution < -0.4 is 15.0 Å². The maximum Gasteiger partial charge on any atom is 0.174 e. The molecular formula is C26H24ClN5O2S. The van der Waals surface area contributed by atoms with E-state index >= 15 is 0 Å². The van der Waals surface area contributed by atoms with Gasteiger partial charge in [0.05, 0.1) is 35.2 Å². The number of hydrogen-bond donors (Lipinski definition) is 1. The van der Waals surface area contributed by atoms with Crippen LogP contribution in [0.3, 0.4) is 0 Å². The summed E-state index contributed by atoms with van der Waals surface area (Å²) in [4.78, 5) is 11.0. The Labute approximate surface area is 214 Å². The maximum atomic E-state index is 6.61. The van der Waals surface area contributed by atoms with Crippen molar-refractivity contribution in [3.63, 3.8) is 0 Å². The van der Waals surface area contributed by atoms with Crippen molar-refractivity contribution in [3.8, 4) is 11.4 Å². The first kappa shape index (κ1) is 23.3. The molecule has 3 aromatic heterocycles. The van der Waals surface area contributed by atoms with E-state index in [0.29, 0.717) is 29.1 Å². The topological polar surface area (TPSA) is 64.4 Å². The van der Waals surface area contributed by atoms with Crippen LogP contribution in [0.25, 0.3) is 5.69 Å². The standard InChI is InChI=1S/C26H24ClN5O2S/c1-33-14-15-34-23-10-9-18(16-20(23)27)32-25(24(30-26(32)35)21-7-2-3-12-29-21)22-8-5-13-31(22)19-6-4-11-28-17-19/h2-13,16-17,24-25H,14-15H2,1H3,(H,30,35). The van der Waals surface area contributed by atoms with Crippen LogP contribution in [0.2, 0.25) is 5.02 Å². The molecule has 7 nitrogen and oxygen atoms in total. The minimum absolute atomic E-state index is 0.176. The largest absolute Gasteiger partial charge is 0.490 e. The van der Waals surface area contributed by atoms with E-state index in [1.54, 1.807) is 19.5 Å². The molecule has 4 aromatic rings. The Kier molecular flexibility index (Phi) is 6.94. The summed E-state index contributed by atoms with van der Waals surface area (Å²) >= 11 is 12.5. The van der Waals surface area contributed by atoms with Gasteiger partial charge in [0.25, 0.3) is 0 Å². The molecule has 178 valence electrons. The third-order valence-electron chi connectivity index (χ3n) is 5.84. The summed E-state index contributed by atoms with van der Waals surface area (Å²) in [7, 11) is 1.63. The summed E-state index contributed by atoms with van der Waals surface area (Å²) in [5, 5.41) is 4.58. The number of pyridine rings is 2. The van der Waals surface area contributed by atoms with Gasteiger partial charge < -0.3 is 24.3 Å². The molecule has 4 heterocycles. The van der Waals surface area contributed by atoms with Crippen LogP contribution in [-0.4, -0.2) is 40.0 Å². The van der Waals surface area contributed by atoms with Gasteiger partial charge in [-0.25, -0.2) is 0 Å². The van der Waals surface area contributed by atoms with Gasteiger partial charge in [-0.1, -0.05) is 17.7 Å². The molecule has 0 bridgehead atoms. The lowest BCUT2D eigenvalue weighted by Crippen LogP contribution is -2.30. The number of nitrogens with one attached hydrogen (secondary N) is 1. The fourth-order valence-electron chi connectivity index (χ4n) is 4.29. The summed E-state index contributed by atoms with van der Waals surface area (Å²) < 4.78 is 12.9. The minimum Gasteiger partial charge on any atom is -0.490 e. The van der Waals surface area contributed by atoms with Gasteiger partial charge in [-0.05, 0) is 66.8 Å². The van der Waals surface area contributed by atoms with Crippen molar-refractivity contribution >= 4 is 34.6 Å². The SMILES string of the molecule is COCCOc1ccc(N2C(=S)NC(c3ccccn3)C2c2cccn2-c2cccnc2)cc1Cl. The van der Waals surface area contributed by atoms with Gasteiger partial charge in [0.2, 0.25) is 0 Å². The number of thiocarbonyl (C=S) groups is 1. The molecule has 0 spiro atoms. The van der Waals surface area contributed by atoms with Gasteiger partial charge in [0.1, 0.15) is 18.4 Å². The van der Waals surface area contributed by atoms with Crippen molar-refractivity contribution in [2.75, 3.05) is 25.2 Å². The van der Waals surface area contributed by atoms with Crippen molar-refractivity contribution in [1.29, 1.82) is 0 Å². The van der Waals surface area contributed by atoms with Gasteiger partial charge in [-0.3, -0.25) is 9.97 Å². The van der Waals surface area contributed by atoms with Gasteiger partial charge in [0, 0.05) is 37.1 Å². The highest BCUT2D eigenvalue weighted by atomic mass is 35.5. The van der Waals surface area contributed by atoms with E-state index in [1.807, 2.05) is 67.0 Å². The van der Waals surface area contributed by atoms with Gasteiger partial charge in [0.15, 0.2) is 5.11 Å². The molecule has 0 aliphatic carbocycles. The highest BCUT2D eigenvalue weighted by Gasteiger charge is 2.42. The van der Waals surface area contributed by atoms with Gasteiger partial charge in [-0.2, -0.15) is 0 Å². The number of anilines is 1. The van der Waals surface area contributed by atoms with Crippen LogP contribution in [0.15, 0.2) is 85.5 Å². The van der Waals surface area contributed by atoms with Crippen LogP contribution in [0, 0.1) is 0 Å². The quantitative estimate of drug-likeness (QED) is 0.263. The Hall–Kier alpha value is -3.46. The van der Waals surface area contributed by atoms with Crippen molar-refractivity contribution < 1.29 is 9.47 Å². The molecule has 1 fully saturated rings. The highest BCUT2D eigenvalue weighted by Crippen LogP contribution is 2.43. The van der Waals surface area contributed by atoms with E-state index in [1.165, 1.54) is 0 Å². The maximum absolute atomic E-state index is 6.61. The van der Waals surface area contributed by atoms with Crippen LogP contribution in [0.5, 0.6) is 5.75 Å². The van der Waals surface area contributed by atoms with E-state index in [-0.39, 0.29) is 12.1 Å². The van der Waals surface area contributed by atoms with Gasteiger partial charge >= 0.3 is 0 Å². The number of rotatable bonds is 8. The average Bonchev–Trinajstić information content (AvgIpc) is 3.50. The number of aromatic nitrogens is 3. The summed E-state index contributed by atoms with van der Waals surface area (Å²) in [6.45, 7) is 0.902. The first-order valence-corrected chi connectivity index (χ1v) is 12.0.